The Labute approximate surface area is 504 Å². The molecule has 0 unspecified atom stereocenters. The van der Waals surface area contributed by atoms with Gasteiger partial charge >= 0.3 is 63.2 Å². The minimum absolute atomic E-state index is 0. The van der Waals surface area contributed by atoms with Gasteiger partial charge in [0.05, 0.1) is 29.5 Å². The topological polar surface area (TPSA) is 187 Å². The Morgan fingerprint density at radius 1 is 0.432 bits per heavy atom. The van der Waals surface area contributed by atoms with E-state index in [9.17, 15) is 42.1 Å². The normalized spacial score (nSPS) is 21.4. The van der Waals surface area contributed by atoms with Crippen molar-refractivity contribution in [2.24, 2.45) is 16.2 Å². The molecule has 0 saturated carbocycles. The van der Waals surface area contributed by atoms with Crippen LogP contribution in [0.15, 0.2) is 0 Å². The molecule has 0 aliphatic carbocycles. The average molecular weight is 1660 g/mol. The molecule has 446 valence electrons. The summed E-state index contributed by atoms with van der Waals surface area (Å²) in [5, 5.41) is 0.843. The Hall–Kier alpha value is 1.61. The maximum atomic E-state index is 12.7. The summed E-state index contributed by atoms with van der Waals surface area (Å²) in [7, 11) is -8.03. The maximum absolute atomic E-state index is 12.7. The van der Waals surface area contributed by atoms with Gasteiger partial charge in [0.1, 0.15) is 0 Å². The van der Waals surface area contributed by atoms with Crippen LogP contribution in [0.1, 0.15) is 215 Å². The van der Waals surface area contributed by atoms with E-state index in [0.29, 0.717) is 10.5 Å². The van der Waals surface area contributed by atoms with Gasteiger partial charge in [-0.25, -0.2) is 54.2 Å². The van der Waals surface area contributed by atoms with Crippen LogP contribution in [0.25, 0.3) is 0 Å². The van der Waals surface area contributed by atoms with E-state index < -0.39 is 75.4 Å². The summed E-state index contributed by atoms with van der Waals surface area (Å²) in [6.45, 7) is 56.2. The zero-order chi connectivity index (χ0) is 58.4. The summed E-state index contributed by atoms with van der Waals surface area (Å²) >= 11 is 0. The van der Waals surface area contributed by atoms with Crippen molar-refractivity contribution < 1.29 is 105 Å². The molecule has 74 heavy (non-hydrogen) atoms. The fourth-order valence-corrected chi connectivity index (χ4v) is 16.1. The van der Waals surface area contributed by atoms with Crippen molar-refractivity contribution in [3.8, 4) is 0 Å². The zero-order valence-corrected chi connectivity index (χ0v) is 65.0. The average Bonchev–Trinajstić information content (AvgIpc) is 3.24. The second-order valence-electron chi connectivity index (χ2n) is 24.7. The summed E-state index contributed by atoms with van der Waals surface area (Å²) in [6.07, 6.45) is 0. The number of sulfonamides is 5. The molecule has 0 aromatic heterocycles. The van der Waals surface area contributed by atoms with E-state index in [1.807, 2.05) is 111 Å². The smallest absolute Gasteiger partial charge is 0.378 e. The third-order valence-corrected chi connectivity index (χ3v) is 31.5. The summed E-state index contributed by atoms with van der Waals surface area (Å²) in [4.78, 5) is 0. The van der Waals surface area contributed by atoms with E-state index in [1.54, 1.807) is 109 Å². The summed E-state index contributed by atoms with van der Waals surface area (Å²) in [5.41, 5.74) is -1.87. The Morgan fingerprint density at radius 3 is 0.865 bits per heavy atom. The molecule has 0 spiro atoms. The van der Waals surface area contributed by atoms with Crippen LogP contribution in [0.5, 0.6) is 0 Å². The molecule has 2 aliphatic rings. The quantitative estimate of drug-likeness (QED) is 0.180. The molecule has 2 aliphatic heterocycles. The van der Waals surface area contributed by atoms with Crippen molar-refractivity contribution in [2.75, 3.05) is 35.2 Å². The summed E-state index contributed by atoms with van der Waals surface area (Å²) < 4.78 is 125. The van der Waals surface area contributed by atoms with E-state index in [0.717, 1.165) is 23.9 Å². The van der Waals surface area contributed by atoms with Gasteiger partial charge in [-0.15, -0.1) is 0 Å². The van der Waals surface area contributed by atoms with E-state index in [1.165, 1.54) is 17.2 Å². The van der Waals surface area contributed by atoms with Crippen molar-refractivity contribution in [1.29, 1.82) is 0 Å². The fraction of sp³-hybridized carbons (Fsp3) is 0.882. The van der Waals surface area contributed by atoms with Crippen LogP contribution < -0.4 is 0 Å². The number of hydrogen-bond donors (Lipinski definition) is 0. The van der Waals surface area contributed by atoms with E-state index in [-0.39, 0.29) is 92.4 Å². The fourth-order valence-electron chi connectivity index (χ4n) is 7.22. The van der Waals surface area contributed by atoms with Gasteiger partial charge in [-0.2, -0.15) is 102 Å². The molecular weight excluding hydrogens is 1550 g/mol. The first-order valence-electron chi connectivity index (χ1n) is 23.7. The van der Waals surface area contributed by atoms with Gasteiger partial charge in [-0.1, -0.05) is 82.2 Å². The Balaban J connectivity index is -0.000000151. The standard InChI is InChI=1S/C13H27NO2S.3C10H21NO2S.C7H15NO2S.CH4.3W/c1-10(2)11(3,4)13(7,8)17(15,16)14(9)12(10,5)6;1-8(2)9(3,4)11(7)14(12,13)10(8,5)6;1-8(2)10(5,6)11(7)14(12,13)9(3)4;1-8(2)10(5,6)14(12,13)11(7)9(3)4;1-6(2)8(5)11(9,10)7(3)4;;;;/h1-9H3;3*1-7H3;1-5H3;1H4;;;/q;;3*-2;;3*+2. The predicted octanol–water partition coefficient (Wildman–Crippen LogP) is 11.2. The van der Waals surface area contributed by atoms with Gasteiger partial charge in [0, 0.05) is 30.6 Å². The first kappa shape index (κ1) is 89.4. The van der Waals surface area contributed by atoms with Gasteiger partial charge < -0.3 is 8.61 Å². The van der Waals surface area contributed by atoms with Gasteiger partial charge in [0.2, 0.25) is 20.0 Å². The molecule has 0 N–H and O–H groups in total. The first-order chi connectivity index (χ1) is 29.9. The third kappa shape index (κ3) is 16.4. The van der Waals surface area contributed by atoms with Gasteiger partial charge in [0.25, 0.3) is 0 Å². The second-order valence-corrected chi connectivity index (χ2v) is 36.8. The Bertz CT molecular complexity index is 2300. The van der Waals surface area contributed by atoms with Crippen molar-refractivity contribution in [2.45, 2.75) is 246 Å². The van der Waals surface area contributed by atoms with Crippen LogP contribution in [0, 0.1) is 50.7 Å². The molecule has 2 fully saturated rings. The van der Waals surface area contributed by atoms with E-state index >= 15 is 0 Å². The minimum Gasteiger partial charge on any atom is -0.378 e. The monoisotopic (exact) mass is 1660 g/mol. The Morgan fingerprint density at radius 2 is 0.689 bits per heavy atom. The largest absolute Gasteiger partial charge is 2.00 e. The molecule has 0 bridgehead atoms. The third-order valence-electron chi connectivity index (χ3n) is 18.4. The minimum atomic E-state index is -3.29. The second kappa shape index (κ2) is 28.7. The van der Waals surface area contributed by atoms with Crippen LogP contribution in [-0.2, 0) is 113 Å². The predicted molar refractivity (Wildman–Crippen MR) is 304 cm³/mol. The molecule has 15 nitrogen and oxygen atoms in total. The molecule has 0 radical (unpaired) electrons. The number of rotatable bonds is 11. The molecule has 0 atom stereocenters. The summed E-state index contributed by atoms with van der Waals surface area (Å²) in [6, 6.07) is 1.55. The first-order valence-corrected chi connectivity index (χ1v) is 30.9. The molecule has 0 aromatic carbocycles. The molecule has 2 heterocycles. The van der Waals surface area contributed by atoms with Crippen molar-refractivity contribution in [1.82, 2.24) is 21.5 Å². The van der Waals surface area contributed by atoms with Crippen LogP contribution in [0.4, 0.5) is 0 Å². The molecule has 0 amide bonds. The van der Waals surface area contributed by atoms with Crippen LogP contribution in [-0.4, -0.2) is 130 Å². The maximum Gasteiger partial charge on any atom is 2.00 e. The molecule has 2 saturated heterocycles. The van der Waals surface area contributed by atoms with E-state index in [2.05, 4.69) is 27.7 Å². The van der Waals surface area contributed by atoms with Crippen LogP contribution in [0.3, 0.4) is 0 Å². The number of nitrogens with zero attached hydrogens (tertiary/aromatic N) is 5. The summed E-state index contributed by atoms with van der Waals surface area (Å²) in [5.74, 6) is 1.97. The van der Waals surface area contributed by atoms with Gasteiger partial charge in [-0.05, 0) is 92.1 Å². The van der Waals surface area contributed by atoms with E-state index in [4.69, 9.17) is 0 Å². The Kier molecular flexibility index (Phi) is 34.7. The molecular formula is C51H109N5O10S5W3. The molecule has 2 rings (SSSR count). The SMILES string of the molecule is C.CN1C(C)(C)C(C)(C)C(C)(C)C(C)(C)S1(=O)=O.CN1C(C)(C)C(C)(C)C(C)(C)S1(=O)=O.C[C-](C)C(C)(C)N(C)S(=O)(=O)[C-](C)C.C[C-](C)N(C)S(=O)(=O)C(C)(C)[C-](C)C.C[C-](C)N(C)S(=O)(=O)[C-](C)C.[W+2].[W+2].[W+2]. The van der Waals surface area contributed by atoms with Crippen LogP contribution in [0.2, 0.25) is 0 Å². The van der Waals surface area contributed by atoms with Crippen molar-refractivity contribution >= 4 is 50.1 Å². The van der Waals surface area contributed by atoms with Crippen LogP contribution >= 0.6 is 0 Å². The molecule has 0 aromatic rings. The van der Waals surface area contributed by atoms with Crippen molar-refractivity contribution in [3.05, 3.63) is 34.4 Å². The van der Waals surface area contributed by atoms with Crippen molar-refractivity contribution in [3.63, 3.8) is 0 Å². The van der Waals surface area contributed by atoms with Gasteiger partial charge in [-0.3, -0.25) is 16.1 Å². The molecule has 23 heteroatoms. The van der Waals surface area contributed by atoms with Gasteiger partial charge in [0.15, 0.2) is 10.0 Å². The zero-order valence-electron chi connectivity index (χ0n) is 52.1. The number of hydrogen-bond acceptors (Lipinski definition) is 10.